The Hall–Kier alpha value is -4.25. The van der Waals surface area contributed by atoms with Crippen LogP contribution in [0.4, 0.5) is 0 Å². The van der Waals surface area contributed by atoms with E-state index < -0.39 is 17.2 Å². The first-order valence-corrected chi connectivity index (χ1v) is 12.5. The summed E-state index contributed by atoms with van der Waals surface area (Å²) in [4.78, 5) is 47.6. The minimum Gasteiger partial charge on any atom is -0.496 e. The van der Waals surface area contributed by atoms with Gasteiger partial charge in [0, 0.05) is 25.1 Å². The second kappa shape index (κ2) is 10.3. The highest BCUT2D eigenvalue weighted by Gasteiger charge is 2.64. The van der Waals surface area contributed by atoms with Crippen molar-refractivity contribution in [3.8, 4) is 17.4 Å². The van der Waals surface area contributed by atoms with Crippen molar-refractivity contribution >= 4 is 28.6 Å². The number of hydrogen-bond acceptors (Lipinski definition) is 8. The van der Waals surface area contributed by atoms with Gasteiger partial charge in [0.05, 0.1) is 23.6 Å². The van der Waals surface area contributed by atoms with Crippen molar-refractivity contribution in [1.82, 2.24) is 20.2 Å². The number of aromatic nitrogens is 2. The Morgan fingerprint density at radius 3 is 2.42 bits per heavy atom. The van der Waals surface area contributed by atoms with E-state index in [2.05, 4.69) is 20.2 Å². The van der Waals surface area contributed by atoms with Gasteiger partial charge in [-0.25, -0.2) is 9.97 Å². The van der Waals surface area contributed by atoms with Gasteiger partial charge in [0.2, 0.25) is 17.7 Å². The minimum absolute atomic E-state index is 0.251. The zero-order chi connectivity index (χ0) is 26.9. The topological polar surface area (TPSA) is 163 Å². The van der Waals surface area contributed by atoms with Crippen molar-refractivity contribution in [2.45, 2.75) is 25.2 Å². The number of primary amides is 2. The van der Waals surface area contributed by atoms with E-state index in [1.54, 1.807) is 36.4 Å². The van der Waals surface area contributed by atoms with Crippen molar-refractivity contribution in [2.75, 3.05) is 33.3 Å². The van der Waals surface area contributed by atoms with Gasteiger partial charge in [0.25, 0.3) is 5.91 Å². The molecule has 0 bridgehead atoms. The molecule has 1 saturated carbocycles. The van der Waals surface area contributed by atoms with Gasteiger partial charge in [-0.3, -0.25) is 14.4 Å². The largest absolute Gasteiger partial charge is 0.496 e. The SMILES string of the molecule is COc1cc2ncnc(Oc3ccc(C4CC4(C(N)=O)C(N)=O)cc3)c2cc1C(=O)NCCN1CCCC1. The first kappa shape index (κ1) is 25.4. The number of ether oxygens (including phenoxy) is 2. The highest BCUT2D eigenvalue weighted by molar-refractivity contribution is 6.08. The Balaban J connectivity index is 1.34. The van der Waals surface area contributed by atoms with Crippen LogP contribution in [0, 0.1) is 5.41 Å². The van der Waals surface area contributed by atoms with Crippen LogP contribution in [-0.4, -0.2) is 65.9 Å². The van der Waals surface area contributed by atoms with E-state index in [1.165, 1.54) is 26.3 Å². The zero-order valence-corrected chi connectivity index (χ0v) is 21.1. The fourth-order valence-electron chi connectivity index (χ4n) is 5.13. The number of nitrogens with zero attached hydrogens (tertiary/aromatic N) is 3. The maximum Gasteiger partial charge on any atom is 0.255 e. The molecule has 38 heavy (non-hydrogen) atoms. The van der Waals surface area contributed by atoms with Gasteiger partial charge in [-0.05, 0) is 56.1 Å². The van der Waals surface area contributed by atoms with Gasteiger partial charge in [0.15, 0.2) is 0 Å². The number of fused-ring (bicyclic) bond motifs is 1. The first-order valence-electron chi connectivity index (χ1n) is 12.5. The summed E-state index contributed by atoms with van der Waals surface area (Å²) in [6.07, 6.45) is 4.05. The summed E-state index contributed by atoms with van der Waals surface area (Å²) in [5.74, 6) is -0.883. The molecule has 1 aromatic heterocycles. The van der Waals surface area contributed by atoms with Crippen LogP contribution in [0.2, 0.25) is 0 Å². The lowest BCUT2D eigenvalue weighted by Gasteiger charge is -2.16. The van der Waals surface area contributed by atoms with Crippen molar-refractivity contribution in [2.24, 2.45) is 16.9 Å². The molecule has 1 aliphatic carbocycles. The molecule has 3 amide bonds. The highest BCUT2D eigenvalue weighted by Crippen LogP contribution is 2.59. The second-order valence-electron chi connectivity index (χ2n) is 9.68. The molecule has 198 valence electrons. The number of likely N-dealkylation sites (tertiary alicyclic amines) is 1. The number of carbonyl (C=O) groups is 3. The predicted molar refractivity (Wildman–Crippen MR) is 139 cm³/mol. The molecule has 5 N–H and O–H groups in total. The van der Waals surface area contributed by atoms with E-state index in [1.807, 2.05) is 0 Å². The average molecular weight is 519 g/mol. The molecule has 11 nitrogen and oxygen atoms in total. The third-order valence-electron chi connectivity index (χ3n) is 7.41. The number of carbonyl (C=O) groups excluding carboxylic acids is 3. The second-order valence-corrected chi connectivity index (χ2v) is 9.68. The molecule has 1 atom stereocenters. The van der Waals surface area contributed by atoms with Gasteiger partial charge < -0.3 is 31.2 Å². The van der Waals surface area contributed by atoms with Crippen LogP contribution >= 0.6 is 0 Å². The van der Waals surface area contributed by atoms with Crippen LogP contribution < -0.4 is 26.3 Å². The molecule has 1 unspecified atom stereocenters. The lowest BCUT2D eigenvalue weighted by molar-refractivity contribution is -0.133. The van der Waals surface area contributed by atoms with Crippen LogP contribution in [0.3, 0.4) is 0 Å². The van der Waals surface area contributed by atoms with Crippen LogP contribution in [0.25, 0.3) is 10.9 Å². The molecular weight excluding hydrogens is 488 g/mol. The van der Waals surface area contributed by atoms with Crippen molar-refractivity contribution in [3.05, 3.63) is 53.9 Å². The van der Waals surface area contributed by atoms with Crippen molar-refractivity contribution < 1.29 is 23.9 Å². The summed E-state index contributed by atoms with van der Waals surface area (Å²) in [7, 11) is 1.51. The lowest BCUT2D eigenvalue weighted by Crippen LogP contribution is -2.38. The van der Waals surface area contributed by atoms with E-state index in [0.717, 1.165) is 25.2 Å². The molecule has 2 aliphatic rings. The lowest BCUT2D eigenvalue weighted by atomic mass is 9.97. The molecule has 5 rings (SSSR count). The quantitative estimate of drug-likeness (QED) is 0.342. The Morgan fingerprint density at radius 1 is 1.08 bits per heavy atom. The molecule has 1 aliphatic heterocycles. The Labute approximate surface area is 219 Å². The zero-order valence-electron chi connectivity index (χ0n) is 21.1. The summed E-state index contributed by atoms with van der Waals surface area (Å²) in [5.41, 5.74) is 11.2. The number of nitrogens with two attached hydrogens (primary N) is 2. The molecule has 0 spiro atoms. The summed E-state index contributed by atoms with van der Waals surface area (Å²) >= 11 is 0. The predicted octanol–water partition coefficient (Wildman–Crippen LogP) is 1.70. The molecule has 2 heterocycles. The standard InChI is InChI=1S/C27H30N6O5/c1-37-22-13-21-18(12-19(22)23(34)30-8-11-33-9-2-3-10-33)24(32-15-31-21)38-17-6-4-16(5-7-17)20-14-27(20,25(28)35)26(29)36/h4-7,12-13,15,20H,2-3,8-11,14H2,1H3,(H2,28,35)(H2,29,36)(H,30,34). The third kappa shape index (κ3) is 4.72. The molecule has 11 heteroatoms. The number of benzene rings is 2. The maximum absolute atomic E-state index is 13.0. The number of nitrogens with one attached hydrogen (secondary N) is 1. The van der Waals surface area contributed by atoms with Gasteiger partial charge >= 0.3 is 0 Å². The Bertz CT molecular complexity index is 1370. The number of amides is 3. The molecule has 1 saturated heterocycles. The highest BCUT2D eigenvalue weighted by atomic mass is 16.5. The van der Waals surface area contributed by atoms with E-state index in [0.29, 0.717) is 40.9 Å². The van der Waals surface area contributed by atoms with Crippen molar-refractivity contribution in [1.29, 1.82) is 0 Å². The monoisotopic (exact) mass is 518 g/mol. The molecule has 0 radical (unpaired) electrons. The van der Waals surface area contributed by atoms with Gasteiger partial charge in [0.1, 0.15) is 23.2 Å². The number of hydrogen-bond donors (Lipinski definition) is 3. The van der Waals surface area contributed by atoms with Crippen LogP contribution in [0.1, 0.15) is 41.1 Å². The van der Waals surface area contributed by atoms with Crippen molar-refractivity contribution in [3.63, 3.8) is 0 Å². The molecular formula is C27H30N6O5. The summed E-state index contributed by atoms with van der Waals surface area (Å²) in [5, 5.41) is 3.52. The van der Waals surface area contributed by atoms with E-state index in [9.17, 15) is 14.4 Å². The molecule has 2 aromatic carbocycles. The maximum atomic E-state index is 13.0. The van der Waals surface area contributed by atoms with Crippen LogP contribution in [0.5, 0.6) is 17.4 Å². The van der Waals surface area contributed by atoms with Gasteiger partial charge in [-0.15, -0.1) is 0 Å². The minimum atomic E-state index is -1.34. The average Bonchev–Trinajstić information content (AvgIpc) is 3.49. The van der Waals surface area contributed by atoms with Gasteiger partial charge in [-0.1, -0.05) is 12.1 Å². The van der Waals surface area contributed by atoms with Crippen LogP contribution in [0.15, 0.2) is 42.7 Å². The van der Waals surface area contributed by atoms with E-state index in [-0.39, 0.29) is 17.7 Å². The normalized spacial score (nSPS) is 18.2. The van der Waals surface area contributed by atoms with Crippen LogP contribution in [-0.2, 0) is 9.59 Å². The van der Waals surface area contributed by atoms with E-state index >= 15 is 0 Å². The fraction of sp³-hybridized carbons (Fsp3) is 0.370. The summed E-state index contributed by atoms with van der Waals surface area (Å²) < 4.78 is 11.5. The Morgan fingerprint density at radius 2 is 1.79 bits per heavy atom. The fourth-order valence-corrected chi connectivity index (χ4v) is 5.13. The number of methoxy groups -OCH3 is 1. The van der Waals surface area contributed by atoms with E-state index in [4.69, 9.17) is 20.9 Å². The first-order chi connectivity index (χ1) is 18.3. The summed E-state index contributed by atoms with van der Waals surface area (Å²) in [6.45, 7) is 3.46. The third-order valence-corrected chi connectivity index (χ3v) is 7.41. The number of rotatable bonds is 10. The summed E-state index contributed by atoms with van der Waals surface area (Å²) in [6, 6.07) is 10.3. The van der Waals surface area contributed by atoms with Gasteiger partial charge in [-0.2, -0.15) is 0 Å². The molecule has 2 fully saturated rings. The molecule has 3 aromatic rings. The Kier molecular flexibility index (Phi) is 6.85. The smallest absolute Gasteiger partial charge is 0.255 e.